The van der Waals surface area contributed by atoms with Crippen LogP contribution in [-0.4, -0.2) is 53.7 Å². The lowest BCUT2D eigenvalue weighted by atomic mass is 9.72. The smallest absolute Gasteiger partial charge is 0.410 e. The fraction of sp³-hybridized carbons (Fsp3) is 0.938. The summed E-state index contributed by atoms with van der Waals surface area (Å²) in [5.74, 6) is 0. The van der Waals surface area contributed by atoms with Crippen molar-refractivity contribution >= 4 is 6.09 Å². The second-order valence-corrected chi connectivity index (χ2v) is 7.63. The maximum atomic E-state index is 12.0. The average Bonchev–Trinajstić information content (AvgIpc) is 2.33. The van der Waals surface area contributed by atoms with Crippen LogP contribution in [0.15, 0.2) is 0 Å². The molecule has 2 rings (SSSR count). The Bertz CT molecular complexity index is 346. The number of hydrogen-bond donors (Lipinski definition) is 0. The average molecular weight is 282 g/mol. The third-order valence-corrected chi connectivity index (χ3v) is 4.78. The molecule has 0 aromatic carbocycles. The van der Waals surface area contributed by atoms with Gasteiger partial charge in [-0.1, -0.05) is 6.92 Å². The van der Waals surface area contributed by atoms with E-state index in [2.05, 4.69) is 18.7 Å². The number of piperidine rings is 1. The van der Waals surface area contributed by atoms with E-state index in [1.54, 1.807) is 0 Å². The molecule has 2 saturated heterocycles. The topological polar surface area (TPSA) is 32.8 Å². The van der Waals surface area contributed by atoms with Crippen LogP contribution in [0.1, 0.15) is 53.9 Å². The van der Waals surface area contributed by atoms with Crippen molar-refractivity contribution in [3.8, 4) is 0 Å². The Morgan fingerprint density at radius 2 is 1.80 bits per heavy atom. The van der Waals surface area contributed by atoms with Crippen LogP contribution < -0.4 is 0 Å². The normalized spacial score (nSPS) is 24.4. The summed E-state index contributed by atoms with van der Waals surface area (Å²) in [7, 11) is 0. The van der Waals surface area contributed by atoms with Gasteiger partial charge in [-0.2, -0.15) is 0 Å². The first kappa shape index (κ1) is 15.6. The zero-order valence-electron chi connectivity index (χ0n) is 13.7. The van der Waals surface area contributed by atoms with Crippen LogP contribution in [0.3, 0.4) is 0 Å². The molecule has 1 spiro atoms. The molecule has 0 radical (unpaired) electrons. The third-order valence-electron chi connectivity index (χ3n) is 4.78. The number of hydrogen-bond acceptors (Lipinski definition) is 3. The van der Waals surface area contributed by atoms with Crippen molar-refractivity contribution in [1.82, 2.24) is 9.80 Å². The lowest BCUT2D eigenvalue weighted by molar-refractivity contribution is -0.0632. The van der Waals surface area contributed by atoms with E-state index in [9.17, 15) is 4.79 Å². The van der Waals surface area contributed by atoms with Gasteiger partial charge in [-0.3, -0.25) is 0 Å². The quantitative estimate of drug-likeness (QED) is 0.780. The van der Waals surface area contributed by atoms with Gasteiger partial charge in [0.05, 0.1) is 0 Å². The largest absolute Gasteiger partial charge is 0.444 e. The molecule has 1 amide bonds. The lowest BCUT2D eigenvalue weighted by Crippen LogP contribution is -2.62. The maximum Gasteiger partial charge on any atom is 0.410 e. The third kappa shape index (κ3) is 3.46. The molecule has 2 heterocycles. The van der Waals surface area contributed by atoms with Crippen molar-refractivity contribution in [3.05, 3.63) is 0 Å². The Kier molecular flexibility index (Phi) is 4.33. The Morgan fingerprint density at radius 1 is 1.25 bits per heavy atom. The molecule has 0 aromatic heterocycles. The van der Waals surface area contributed by atoms with Crippen molar-refractivity contribution in [2.75, 3.05) is 26.2 Å². The number of carbonyl (C=O) groups is 1. The Morgan fingerprint density at radius 3 is 2.25 bits per heavy atom. The molecule has 1 atom stereocenters. The van der Waals surface area contributed by atoms with Gasteiger partial charge < -0.3 is 14.5 Å². The Balaban J connectivity index is 1.78. The van der Waals surface area contributed by atoms with Gasteiger partial charge in [0.15, 0.2) is 0 Å². The fourth-order valence-electron chi connectivity index (χ4n) is 3.23. The molecule has 2 aliphatic heterocycles. The molecule has 0 bridgehead atoms. The van der Waals surface area contributed by atoms with Crippen molar-refractivity contribution < 1.29 is 9.53 Å². The number of rotatable bonds is 2. The van der Waals surface area contributed by atoms with Crippen LogP contribution in [0, 0.1) is 5.41 Å². The molecule has 0 aromatic rings. The van der Waals surface area contributed by atoms with E-state index in [0.717, 1.165) is 13.1 Å². The van der Waals surface area contributed by atoms with Crippen molar-refractivity contribution in [2.24, 2.45) is 5.41 Å². The van der Waals surface area contributed by atoms with E-state index < -0.39 is 0 Å². The molecule has 4 nitrogen and oxygen atoms in total. The lowest BCUT2D eigenvalue weighted by Gasteiger charge is -2.54. The molecule has 2 fully saturated rings. The number of nitrogens with zero attached hydrogens (tertiary/aromatic N) is 2. The minimum atomic E-state index is -0.389. The molecular formula is C16H30N2O2. The predicted molar refractivity (Wildman–Crippen MR) is 80.8 cm³/mol. The van der Waals surface area contributed by atoms with Crippen LogP contribution in [0.2, 0.25) is 0 Å². The van der Waals surface area contributed by atoms with E-state index in [0.29, 0.717) is 11.5 Å². The molecule has 20 heavy (non-hydrogen) atoms. The summed E-state index contributed by atoms with van der Waals surface area (Å²) >= 11 is 0. The van der Waals surface area contributed by atoms with E-state index in [1.165, 1.54) is 32.4 Å². The van der Waals surface area contributed by atoms with Crippen molar-refractivity contribution in [2.45, 2.75) is 65.5 Å². The highest BCUT2D eigenvalue weighted by Gasteiger charge is 2.47. The first-order valence-corrected chi connectivity index (χ1v) is 7.97. The summed E-state index contributed by atoms with van der Waals surface area (Å²) < 4.78 is 5.43. The summed E-state index contributed by atoms with van der Waals surface area (Å²) in [5, 5.41) is 0. The first-order valence-electron chi connectivity index (χ1n) is 7.97. The van der Waals surface area contributed by atoms with Gasteiger partial charge in [-0.05, 0) is 60.0 Å². The van der Waals surface area contributed by atoms with Gasteiger partial charge in [-0.15, -0.1) is 0 Å². The van der Waals surface area contributed by atoms with Gasteiger partial charge in [0.25, 0.3) is 0 Å². The highest BCUT2D eigenvalue weighted by atomic mass is 16.6. The molecule has 2 aliphatic rings. The summed E-state index contributed by atoms with van der Waals surface area (Å²) in [6.45, 7) is 14.5. The first-order chi connectivity index (χ1) is 9.25. The van der Waals surface area contributed by atoms with Crippen LogP contribution in [0.4, 0.5) is 4.79 Å². The molecular weight excluding hydrogens is 252 g/mol. The highest BCUT2D eigenvalue weighted by molar-refractivity contribution is 5.69. The van der Waals surface area contributed by atoms with Crippen LogP contribution >= 0.6 is 0 Å². The van der Waals surface area contributed by atoms with E-state index in [-0.39, 0.29) is 11.7 Å². The molecule has 4 heteroatoms. The van der Waals surface area contributed by atoms with Crippen molar-refractivity contribution in [3.63, 3.8) is 0 Å². The molecule has 0 saturated carbocycles. The number of ether oxygens (including phenoxy) is 1. The molecule has 1 unspecified atom stereocenters. The zero-order chi connectivity index (χ0) is 15.0. The standard InChI is InChI=1S/C16H30N2O2/c1-6-13(2)17-9-7-16(8-10-17)11-18(12-16)14(19)20-15(3,4)5/h13H,6-12H2,1-5H3. The van der Waals surface area contributed by atoms with E-state index >= 15 is 0 Å². The predicted octanol–water partition coefficient (Wildman–Crippen LogP) is 3.12. The summed E-state index contributed by atoms with van der Waals surface area (Å²) in [5.41, 5.74) is -0.0133. The second-order valence-electron chi connectivity index (χ2n) is 7.63. The van der Waals surface area contributed by atoms with Gasteiger partial charge in [0, 0.05) is 24.5 Å². The van der Waals surface area contributed by atoms with Gasteiger partial charge in [-0.25, -0.2) is 4.79 Å². The van der Waals surface area contributed by atoms with Gasteiger partial charge in [0.2, 0.25) is 0 Å². The summed E-state index contributed by atoms with van der Waals surface area (Å²) in [6, 6.07) is 0.689. The minimum Gasteiger partial charge on any atom is -0.444 e. The Hall–Kier alpha value is -0.770. The number of amides is 1. The van der Waals surface area contributed by atoms with Crippen LogP contribution in [0.5, 0.6) is 0 Å². The summed E-state index contributed by atoms with van der Waals surface area (Å²) in [6.07, 6.45) is 3.51. The van der Waals surface area contributed by atoms with Crippen LogP contribution in [-0.2, 0) is 4.74 Å². The zero-order valence-corrected chi connectivity index (χ0v) is 13.7. The monoisotopic (exact) mass is 282 g/mol. The summed E-state index contributed by atoms with van der Waals surface area (Å²) in [4.78, 5) is 16.4. The van der Waals surface area contributed by atoms with E-state index in [4.69, 9.17) is 4.74 Å². The molecule has 0 aliphatic carbocycles. The fourth-order valence-corrected chi connectivity index (χ4v) is 3.23. The number of carbonyl (C=O) groups excluding carboxylic acids is 1. The second kappa shape index (κ2) is 5.55. The number of likely N-dealkylation sites (tertiary alicyclic amines) is 2. The van der Waals surface area contributed by atoms with E-state index in [1.807, 2.05) is 25.7 Å². The molecule has 0 N–H and O–H groups in total. The van der Waals surface area contributed by atoms with Gasteiger partial charge in [0.1, 0.15) is 5.60 Å². The van der Waals surface area contributed by atoms with Gasteiger partial charge >= 0.3 is 6.09 Å². The van der Waals surface area contributed by atoms with Crippen LogP contribution in [0.25, 0.3) is 0 Å². The SMILES string of the molecule is CCC(C)N1CCC2(CC1)CN(C(=O)OC(C)(C)C)C2. The Labute approximate surface area is 123 Å². The highest BCUT2D eigenvalue weighted by Crippen LogP contribution is 2.41. The molecule has 116 valence electrons. The maximum absolute atomic E-state index is 12.0. The van der Waals surface area contributed by atoms with Crippen molar-refractivity contribution in [1.29, 1.82) is 0 Å². The minimum absolute atomic E-state index is 0.146.